The Morgan fingerprint density at radius 3 is 2.16 bits per heavy atom. The second-order valence-electron chi connectivity index (χ2n) is 7.71. The van der Waals surface area contributed by atoms with Crippen molar-refractivity contribution in [3.05, 3.63) is 36.2 Å². The van der Waals surface area contributed by atoms with Crippen LogP contribution in [0.2, 0.25) is 0 Å². The number of carbonyl (C=O) groups is 2. The molecule has 0 unspecified atom stereocenters. The quantitative estimate of drug-likeness (QED) is 0.278. The molecule has 0 aliphatic carbocycles. The molecule has 1 aromatic rings. The number of alkyl halides is 1. The first kappa shape index (κ1) is 41.8. The summed E-state index contributed by atoms with van der Waals surface area (Å²) < 4.78 is 14.4. The first-order chi connectivity index (χ1) is 16.8. The highest BCUT2D eigenvalue weighted by Gasteiger charge is 2.24. The molecule has 9 nitrogen and oxygen atoms in total. The van der Waals surface area contributed by atoms with Crippen LogP contribution >= 0.6 is 12.1 Å². The number of nitrogens with one attached hydrogen (secondary N) is 4. The van der Waals surface area contributed by atoms with Gasteiger partial charge in [0.05, 0.1) is 7.18 Å². The van der Waals surface area contributed by atoms with Crippen molar-refractivity contribution in [3.63, 3.8) is 0 Å². The minimum atomic E-state index is -0.342. The lowest BCUT2D eigenvalue weighted by molar-refractivity contribution is 0.0920. The number of aromatic nitrogens is 1. The van der Waals surface area contributed by atoms with Crippen LogP contribution in [0.3, 0.4) is 0 Å². The fourth-order valence-electron chi connectivity index (χ4n) is 3.16. The van der Waals surface area contributed by atoms with Crippen molar-refractivity contribution in [1.82, 2.24) is 24.6 Å². The molecule has 1 aliphatic rings. The topological polar surface area (TPSA) is 147 Å². The number of nitrogens with zero attached hydrogens (tertiary/aromatic N) is 1. The molecule has 1 fully saturated rings. The summed E-state index contributed by atoms with van der Waals surface area (Å²) in [5, 5.41) is 5.98. The second-order valence-corrected chi connectivity index (χ2v) is 8.61. The predicted molar refractivity (Wildman–Crippen MR) is 160 cm³/mol. The van der Waals surface area contributed by atoms with E-state index in [1.54, 1.807) is 18.2 Å². The maximum absolute atomic E-state index is 12.5. The van der Waals surface area contributed by atoms with E-state index in [0.29, 0.717) is 25.8 Å². The Balaban J connectivity index is -0.000000633. The Hall–Kier alpha value is -2.34. The number of rotatable bonds is 9. The molecule has 2 heterocycles. The zero-order valence-corrected chi connectivity index (χ0v) is 23.9. The molecule has 218 valence electrons. The standard InChI is InChI=1S/C20H32N6O2S.2C2H6.CH3F.CH4.H2O/c1-5-14-13-17(23-16(14)6-2)18(27)22-15-7-11-26(12-8-15)29-25-19(28)24-20(3,4)9-10-21;3*1-2;;/h5-6,13,15,23H,1-2,7-12,21H2,3-4H3,(H,22,27)(H2,24,25,28);2*1-2H3;1H3;1H4;1H2. The van der Waals surface area contributed by atoms with Gasteiger partial charge in [0, 0.05) is 42.5 Å². The molecule has 2 rings (SSSR count). The minimum absolute atomic E-state index is 0. The Bertz CT molecular complexity index is 725. The molecule has 0 radical (unpaired) electrons. The summed E-state index contributed by atoms with van der Waals surface area (Å²) in [5.74, 6) is -0.132. The Kier molecular flexibility index (Phi) is 27.1. The number of hydrogen-bond acceptors (Lipinski definition) is 5. The molecule has 0 atom stereocenters. The highest BCUT2D eigenvalue weighted by Crippen LogP contribution is 2.18. The smallest absolute Gasteiger partial charge is 0.326 e. The van der Waals surface area contributed by atoms with Gasteiger partial charge in [-0.1, -0.05) is 54.4 Å². The summed E-state index contributed by atoms with van der Waals surface area (Å²) in [6.45, 7) is 21.4. The number of amides is 3. The van der Waals surface area contributed by atoms with Gasteiger partial charge in [-0.05, 0) is 57.4 Å². The summed E-state index contributed by atoms with van der Waals surface area (Å²) in [4.78, 5) is 27.6. The fourth-order valence-corrected chi connectivity index (χ4v) is 3.82. The lowest BCUT2D eigenvalue weighted by atomic mass is 10.0. The summed E-state index contributed by atoms with van der Waals surface area (Å²) in [6, 6.07) is 1.64. The van der Waals surface area contributed by atoms with Crippen LogP contribution in [0.1, 0.15) is 90.0 Å². The number of aromatic amines is 1. The van der Waals surface area contributed by atoms with Crippen LogP contribution in [0.5, 0.6) is 0 Å². The molecule has 1 aromatic heterocycles. The van der Waals surface area contributed by atoms with Crippen molar-refractivity contribution in [1.29, 1.82) is 0 Å². The summed E-state index contributed by atoms with van der Waals surface area (Å²) >= 11 is 1.29. The van der Waals surface area contributed by atoms with Gasteiger partial charge < -0.3 is 26.8 Å². The van der Waals surface area contributed by atoms with Gasteiger partial charge in [-0.3, -0.25) is 13.9 Å². The first-order valence-corrected chi connectivity index (χ1v) is 12.9. The number of urea groups is 1. The van der Waals surface area contributed by atoms with Gasteiger partial charge >= 0.3 is 6.03 Å². The van der Waals surface area contributed by atoms with Gasteiger partial charge in [0.15, 0.2) is 0 Å². The number of nitrogens with two attached hydrogens (primary N) is 1. The molecule has 1 saturated heterocycles. The van der Waals surface area contributed by atoms with Gasteiger partial charge in [-0.15, -0.1) is 0 Å². The predicted octanol–water partition coefficient (Wildman–Crippen LogP) is 4.93. The lowest BCUT2D eigenvalue weighted by Crippen LogP contribution is -2.49. The van der Waals surface area contributed by atoms with Crippen LogP contribution in [0.4, 0.5) is 9.18 Å². The minimum Gasteiger partial charge on any atom is -0.412 e. The van der Waals surface area contributed by atoms with Gasteiger partial charge in [0.1, 0.15) is 5.69 Å². The summed E-state index contributed by atoms with van der Waals surface area (Å²) in [5.41, 5.74) is 7.37. The van der Waals surface area contributed by atoms with Crippen molar-refractivity contribution in [2.75, 3.05) is 26.8 Å². The maximum atomic E-state index is 12.5. The highest BCUT2D eigenvalue weighted by atomic mass is 32.2. The molecule has 0 bridgehead atoms. The number of carbonyl (C=O) groups excluding carboxylic acids is 2. The third-order valence-electron chi connectivity index (χ3n) is 4.83. The van der Waals surface area contributed by atoms with Crippen molar-refractivity contribution in [2.45, 2.75) is 79.8 Å². The van der Waals surface area contributed by atoms with E-state index in [9.17, 15) is 14.0 Å². The molecule has 0 aromatic carbocycles. The van der Waals surface area contributed by atoms with E-state index in [4.69, 9.17) is 5.73 Å². The van der Waals surface area contributed by atoms with E-state index in [0.717, 1.165) is 37.2 Å². The Labute approximate surface area is 228 Å². The third kappa shape index (κ3) is 16.2. The van der Waals surface area contributed by atoms with Crippen LogP contribution in [-0.2, 0) is 0 Å². The molecule has 8 N–H and O–H groups in total. The van der Waals surface area contributed by atoms with E-state index in [-0.39, 0.29) is 36.4 Å². The van der Waals surface area contributed by atoms with Crippen LogP contribution in [0, 0.1) is 0 Å². The largest absolute Gasteiger partial charge is 0.412 e. The van der Waals surface area contributed by atoms with E-state index in [2.05, 4.69) is 37.8 Å². The maximum Gasteiger partial charge on any atom is 0.326 e. The van der Waals surface area contributed by atoms with Crippen LogP contribution in [0.15, 0.2) is 19.2 Å². The van der Waals surface area contributed by atoms with Crippen LogP contribution < -0.4 is 21.1 Å². The average molecular weight is 549 g/mol. The number of H-pyrrole nitrogens is 1. The van der Waals surface area contributed by atoms with Gasteiger partial charge in [0.25, 0.3) is 5.91 Å². The van der Waals surface area contributed by atoms with E-state index in [1.165, 1.54) is 12.1 Å². The number of piperidine rings is 1. The fraction of sp³-hybridized carbons (Fsp3) is 0.615. The van der Waals surface area contributed by atoms with E-state index >= 15 is 0 Å². The zero-order chi connectivity index (χ0) is 27.4. The number of halogens is 1. The zero-order valence-electron chi connectivity index (χ0n) is 23.1. The molecule has 0 spiro atoms. The van der Waals surface area contributed by atoms with Crippen LogP contribution in [-0.4, -0.2) is 65.1 Å². The molecular formula is C26H53FN6O3S. The average Bonchev–Trinajstić information content (AvgIpc) is 3.31. The van der Waals surface area contributed by atoms with Gasteiger partial charge in [-0.2, -0.15) is 0 Å². The summed E-state index contributed by atoms with van der Waals surface area (Å²) in [7, 11) is 0.500. The van der Waals surface area contributed by atoms with E-state index in [1.807, 2.05) is 41.5 Å². The Morgan fingerprint density at radius 1 is 1.19 bits per heavy atom. The summed E-state index contributed by atoms with van der Waals surface area (Å²) in [6.07, 6.45) is 5.69. The van der Waals surface area contributed by atoms with Crippen LogP contribution in [0.25, 0.3) is 12.2 Å². The Morgan fingerprint density at radius 2 is 1.73 bits per heavy atom. The van der Waals surface area contributed by atoms with Gasteiger partial charge in [0.2, 0.25) is 0 Å². The highest BCUT2D eigenvalue weighted by molar-refractivity contribution is 7.95. The molecule has 3 amide bonds. The third-order valence-corrected chi connectivity index (χ3v) is 5.73. The van der Waals surface area contributed by atoms with Crippen molar-refractivity contribution in [2.24, 2.45) is 5.73 Å². The molecule has 11 heteroatoms. The van der Waals surface area contributed by atoms with Gasteiger partial charge in [-0.25, -0.2) is 9.10 Å². The second kappa shape index (κ2) is 24.0. The molecule has 1 aliphatic heterocycles. The molecular weight excluding hydrogens is 495 g/mol. The van der Waals surface area contributed by atoms with Crippen molar-refractivity contribution >= 4 is 36.2 Å². The number of hydrogen-bond donors (Lipinski definition) is 5. The first-order valence-electron chi connectivity index (χ1n) is 12.1. The SMILES string of the molecule is C.C=Cc1cc(C(=O)NC2CCN(SNC(=O)NC(C)(C)CCN)CC2)[nH]c1C=C.CC.CC.CF.O. The normalized spacial score (nSPS) is 12.7. The molecule has 37 heavy (non-hydrogen) atoms. The molecule has 0 saturated carbocycles. The lowest BCUT2D eigenvalue weighted by Gasteiger charge is -2.31. The van der Waals surface area contributed by atoms with Crippen molar-refractivity contribution in [3.8, 4) is 0 Å². The monoisotopic (exact) mass is 548 g/mol. The van der Waals surface area contributed by atoms with Crippen molar-refractivity contribution < 1.29 is 19.5 Å². The van der Waals surface area contributed by atoms with E-state index < -0.39 is 0 Å².